The van der Waals surface area contributed by atoms with Crippen molar-refractivity contribution >= 4 is 35.2 Å². The zero-order valence-corrected chi connectivity index (χ0v) is 28.4. The molecule has 1 heterocycles. The highest BCUT2D eigenvalue weighted by Gasteiger charge is 2.46. The van der Waals surface area contributed by atoms with Gasteiger partial charge in [0, 0.05) is 30.6 Å². The van der Waals surface area contributed by atoms with Crippen molar-refractivity contribution in [3.63, 3.8) is 0 Å². The van der Waals surface area contributed by atoms with E-state index in [1.807, 2.05) is 60.7 Å². The van der Waals surface area contributed by atoms with E-state index in [-0.39, 0.29) is 36.2 Å². The van der Waals surface area contributed by atoms with Crippen LogP contribution in [0.25, 0.3) is 0 Å². The second-order valence-electron chi connectivity index (χ2n) is 13.1. The molecule has 1 aliphatic heterocycles. The summed E-state index contributed by atoms with van der Waals surface area (Å²) < 4.78 is 0. The van der Waals surface area contributed by atoms with Crippen LogP contribution in [0.3, 0.4) is 0 Å². The van der Waals surface area contributed by atoms with Crippen LogP contribution in [0.4, 0.5) is 0 Å². The SMILES string of the molecule is O=C(NCCCCCCCNC(=O)C(Cc1ccccc1)N1C(=O)c2ccccc2C1=O)C(Cc1ccccc1)C1C(=O)c2ccccc2C1=O. The molecule has 9 heteroatoms. The second kappa shape index (κ2) is 16.3. The summed E-state index contributed by atoms with van der Waals surface area (Å²) in [4.78, 5) is 81.0. The van der Waals surface area contributed by atoms with Gasteiger partial charge in [-0.3, -0.25) is 33.7 Å². The maximum absolute atomic E-state index is 13.5. The summed E-state index contributed by atoms with van der Waals surface area (Å²) in [6, 6.07) is 31.2. The highest BCUT2D eigenvalue weighted by Crippen LogP contribution is 2.34. The van der Waals surface area contributed by atoms with E-state index in [9.17, 15) is 28.8 Å². The summed E-state index contributed by atoms with van der Waals surface area (Å²) in [5, 5.41) is 5.92. The minimum Gasteiger partial charge on any atom is -0.356 e. The van der Waals surface area contributed by atoms with Gasteiger partial charge in [-0.05, 0) is 42.5 Å². The molecule has 6 rings (SSSR count). The van der Waals surface area contributed by atoms with E-state index in [4.69, 9.17) is 0 Å². The summed E-state index contributed by atoms with van der Waals surface area (Å²) >= 11 is 0. The Labute approximate surface area is 297 Å². The first kappa shape index (κ1) is 35.1. The van der Waals surface area contributed by atoms with Gasteiger partial charge in [-0.15, -0.1) is 0 Å². The Kier molecular flexibility index (Phi) is 11.3. The molecule has 2 atom stereocenters. The molecule has 2 N–H and O–H groups in total. The average Bonchev–Trinajstić information content (AvgIpc) is 3.56. The summed E-state index contributed by atoms with van der Waals surface area (Å²) in [5.41, 5.74) is 3.11. The number of rotatable bonds is 16. The van der Waals surface area contributed by atoms with Crippen LogP contribution >= 0.6 is 0 Å². The molecule has 4 amide bonds. The third kappa shape index (κ3) is 7.88. The largest absolute Gasteiger partial charge is 0.356 e. The highest BCUT2D eigenvalue weighted by molar-refractivity contribution is 6.27. The third-order valence-electron chi connectivity index (χ3n) is 9.72. The number of Topliss-reactive ketones (excluding diaryl/α,β-unsaturated/α-hetero) is 2. The highest BCUT2D eigenvalue weighted by atomic mass is 16.2. The minimum atomic E-state index is -1.04. The molecule has 0 saturated carbocycles. The van der Waals surface area contributed by atoms with Gasteiger partial charge in [-0.25, -0.2) is 0 Å². The van der Waals surface area contributed by atoms with Crippen molar-refractivity contribution in [3.8, 4) is 0 Å². The number of nitrogens with one attached hydrogen (secondary N) is 2. The van der Waals surface area contributed by atoms with E-state index in [2.05, 4.69) is 10.6 Å². The van der Waals surface area contributed by atoms with Gasteiger partial charge in [0.25, 0.3) is 11.8 Å². The Bertz CT molecular complexity index is 1720. The Morgan fingerprint density at radius 1 is 0.510 bits per heavy atom. The lowest BCUT2D eigenvalue weighted by Gasteiger charge is -2.25. The fourth-order valence-corrected chi connectivity index (χ4v) is 7.04. The molecule has 0 saturated heterocycles. The lowest BCUT2D eigenvalue weighted by atomic mass is 9.82. The van der Waals surface area contributed by atoms with Gasteiger partial charge in [-0.2, -0.15) is 0 Å². The fraction of sp³-hybridized carbons (Fsp3) is 0.286. The number of fused-ring (bicyclic) bond motifs is 2. The Morgan fingerprint density at radius 3 is 1.43 bits per heavy atom. The van der Waals surface area contributed by atoms with Gasteiger partial charge in [-0.1, -0.05) is 116 Å². The topological polar surface area (TPSA) is 130 Å². The molecule has 4 aromatic rings. The normalized spacial score (nSPS) is 15.0. The van der Waals surface area contributed by atoms with Crippen LogP contribution in [-0.4, -0.2) is 59.2 Å². The molecule has 0 bridgehead atoms. The van der Waals surface area contributed by atoms with Crippen LogP contribution < -0.4 is 10.6 Å². The van der Waals surface area contributed by atoms with Gasteiger partial charge in [0.15, 0.2) is 11.6 Å². The fourth-order valence-electron chi connectivity index (χ4n) is 7.04. The van der Waals surface area contributed by atoms with Crippen molar-refractivity contribution in [3.05, 3.63) is 143 Å². The molecule has 0 fully saturated rings. The number of nitrogens with zero attached hydrogens (tertiary/aromatic N) is 1. The van der Waals surface area contributed by atoms with E-state index in [0.717, 1.165) is 41.7 Å². The van der Waals surface area contributed by atoms with Gasteiger partial charge in [0.2, 0.25) is 11.8 Å². The zero-order valence-electron chi connectivity index (χ0n) is 28.4. The Hall–Kier alpha value is -5.70. The maximum atomic E-state index is 13.5. The third-order valence-corrected chi connectivity index (χ3v) is 9.72. The molecule has 9 nitrogen and oxygen atoms in total. The van der Waals surface area contributed by atoms with Crippen molar-refractivity contribution in [2.24, 2.45) is 11.8 Å². The predicted molar refractivity (Wildman–Crippen MR) is 192 cm³/mol. The monoisotopic (exact) mass is 683 g/mol. The first-order chi connectivity index (χ1) is 24.8. The molecule has 0 spiro atoms. The van der Waals surface area contributed by atoms with Crippen molar-refractivity contribution in [2.45, 2.75) is 51.0 Å². The van der Waals surface area contributed by atoms with Crippen molar-refractivity contribution in [2.75, 3.05) is 13.1 Å². The molecular formula is C42H41N3O6. The number of ketones is 2. The van der Waals surface area contributed by atoms with Crippen molar-refractivity contribution < 1.29 is 28.8 Å². The van der Waals surface area contributed by atoms with Crippen LogP contribution in [0.15, 0.2) is 109 Å². The number of hydrogen-bond acceptors (Lipinski definition) is 6. The first-order valence-electron chi connectivity index (χ1n) is 17.6. The Morgan fingerprint density at radius 2 is 0.922 bits per heavy atom. The molecule has 0 radical (unpaired) electrons. The van der Waals surface area contributed by atoms with E-state index in [1.54, 1.807) is 48.5 Å². The predicted octanol–water partition coefficient (Wildman–Crippen LogP) is 5.63. The first-order valence-corrected chi connectivity index (χ1v) is 17.6. The lowest BCUT2D eigenvalue weighted by Crippen LogP contribution is -2.50. The number of benzene rings is 4. The number of imide groups is 1. The standard InChI is InChI=1S/C42H41N3O6/c46-37-30-20-10-11-21-31(30)38(47)36(37)34(26-28-16-6-4-7-17-28)39(48)43-24-14-2-1-3-15-25-44-40(49)35(27-29-18-8-5-9-19-29)45-41(50)32-22-12-13-23-33(32)42(45)51/h4-13,16-23,34-36H,1-3,14-15,24-27H2,(H,43,48)(H,44,49). The van der Waals surface area contributed by atoms with Gasteiger partial charge >= 0.3 is 0 Å². The molecular weight excluding hydrogens is 642 g/mol. The van der Waals surface area contributed by atoms with Gasteiger partial charge in [0.05, 0.1) is 23.0 Å². The molecule has 1 aliphatic carbocycles. The average molecular weight is 684 g/mol. The summed E-state index contributed by atoms with van der Waals surface area (Å²) in [5.74, 6) is -4.04. The van der Waals surface area contributed by atoms with Crippen LogP contribution in [0.2, 0.25) is 0 Å². The van der Waals surface area contributed by atoms with Crippen LogP contribution in [0.5, 0.6) is 0 Å². The van der Waals surface area contributed by atoms with Gasteiger partial charge < -0.3 is 10.6 Å². The van der Waals surface area contributed by atoms with E-state index < -0.39 is 29.7 Å². The zero-order chi connectivity index (χ0) is 35.7. The molecule has 0 aromatic heterocycles. The van der Waals surface area contributed by atoms with E-state index in [1.165, 1.54) is 0 Å². The number of amides is 4. The van der Waals surface area contributed by atoms with Gasteiger partial charge in [0.1, 0.15) is 6.04 Å². The smallest absolute Gasteiger partial charge is 0.262 e. The van der Waals surface area contributed by atoms with Crippen LogP contribution in [0, 0.1) is 11.8 Å². The number of unbranched alkanes of at least 4 members (excludes halogenated alkanes) is 4. The summed E-state index contributed by atoms with van der Waals surface area (Å²) in [7, 11) is 0. The molecule has 2 aliphatic rings. The van der Waals surface area contributed by atoms with Crippen LogP contribution in [-0.2, 0) is 22.4 Å². The maximum Gasteiger partial charge on any atom is 0.262 e. The van der Waals surface area contributed by atoms with Crippen LogP contribution in [0.1, 0.15) is 84.7 Å². The summed E-state index contributed by atoms with van der Waals surface area (Å²) in [6.45, 7) is 0.821. The quantitative estimate of drug-likeness (QED) is 0.0895. The number of carbonyl (C=O) groups excluding carboxylic acids is 6. The van der Waals surface area contributed by atoms with Crippen molar-refractivity contribution in [1.29, 1.82) is 0 Å². The lowest BCUT2D eigenvalue weighted by molar-refractivity contribution is -0.126. The number of hydrogen-bond donors (Lipinski definition) is 2. The molecule has 2 unspecified atom stereocenters. The molecule has 260 valence electrons. The number of carbonyl (C=O) groups is 6. The molecule has 4 aromatic carbocycles. The Balaban J connectivity index is 0.960. The van der Waals surface area contributed by atoms with Crippen molar-refractivity contribution in [1.82, 2.24) is 15.5 Å². The molecule has 51 heavy (non-hydrogen) atoms. The van der Waals surface area contributed by atoms with E-state index >= 15 is 0 Å². The van der Waals surface area contributed by atoms with E-state index in [0.29, 0.717) is 41.8 Å². The minimum absolute atomic E-state index is 0.214. The summed E-state index contributed by atoms with van der Waals surface area (Å²) in [6.07, 6.45) is 4.49. The second-order valence-corrected chi connectivity index (χ2v) is 13.1.